The fourth-order valence-electron chi connectivity index (χ4n) is 4.55. The zero-order valence-corrected chi connectivity index (χ0v) is 21.3. The smallest absolute Gasteiger partial charge is 0.245 e. The number of nitrogens with zero attached hydrogens (tertiary/aromatic N) is 5. The number of aliphatic hydroxyl groups excluding tert-OH is 1. The molecule has 0 radical (unpaired) electrons. The third-order valence-electron chi connectivity index (χ3n) is 6.36. The van der Waals surface area contributed by atoms with E-state index in [2.05, 4.69) is 21.9 Å². The number of aromatic nitrogens is 2. The minimum absolute atomic E-state index is 0.105. The molecule has 3 heterocycles. The van der Waals surface area contributed by atoms with Gasteiger partial charge in [-0.2, -0.15) is 4.98 Å². The summed E-state index contributed by atoms with van der Waals surface area (Å²) in [5.74, 6) is 1.68. The number of ether oxygens (including phenoxy) is 2. The third-order valence-corrected chi connectivity index (χ3v) is 7.09. The lowest BCUT2D eigenvalue weighted by molar-refractivity contribution is -0.127. The summed E-state index contributed by atoms with van der Waals surface area (Å²) in [5, 5.41) is 15.2. The molecule has 1 amide bonds. The van der Waals surface area contributed by atoms with Crippen LogP contribution in [0.2, 0.25) is 10.0 Å². The average Bonchev–Trinajstić information content (AvgIpc) is 2.88. The van der Waals surface area contributed by atoms with Gasteiger partial charge in [0, 0.05) is 44.0 Å². The van der Waals surface area contributed by atoms with E-state index in [1.54, 1.807) is 29.1 Å². The first kappa shape index (κ1) is 25.2. The molecule has 12 heteroatoms. The highest BCUT2D eigenvalue weighted by Crippen LogP contribution is 2.48. The number of hydrogen-bond donors (Lipinski definition) is 2. The molecule has 0 aliphatic carbocycles. The summed E-state index contributed by atoms with van der Waals surface area (Å²) in [6.07, 6.45) is 3.15. The summed E-state index contributed by atoms with van der Waals surface area (Å²) in [5.41, 5.74) is 1.16. The van der Waals surface area contributed by atoms with Crippen molar-refractivity contribution in [3.63, 3.8) is 0 Å². The molecule has 188 valence electrons. The van der Waals surface area contributed by atoms with Crippen LogP contribution in [0.4, 0.5) is 17.5 Å². The molecule has 0 spiro atoms. The second-order valence-electron chi connectivity index (χ2n) is 8.19. The minimum atomic E-state index is -1.15. The topological polar surface area (TPSA) is 103 Å². The molecule has 2 N–H and O–H groups in total. The van der Waals surface area contributed by atoms with E-state index >= 15 is 0 Å². The Bertz CT molecular complexity index is 1100. The summed E-state index contributed by atoms with van der Waals surface area (Å²) >= 11 is 13.4. The molecule has 10 nitrogen and oxygen atoms in total. The molecular weight excluding hydrogens is 495 g/mol. The number of nitrogens with one attached hydrogen (secondary N) is 1. The maximum absolute atomic E-state index is 12.1. The van der Waals surface area contributed by atoms with Gasteiger partial charge in [0.15, 0.2) is 0 Å². The molecule has 1 unspecified atom stereocenters. The van der Waals surface area contributed by atoms with E-state index in [0.717, 1.165) is 5.56 Å². The molecule has 2 aliphatic rings. The van der Waals surface area contributed by atoms with Crippen LogP contribution in [0, 0.1) is 0 Å². The Morgan fingerprint density at radius 3 is 2.40 bits per heavy atom. The van der Waals surface area contributed by atoms with Gasteiger partial charge in [0.1, 0.15) is 27.4 Å². The van der Waals surface area contributed by atoms with Crippen molar-refractivity contribution in [1.29, 1.82) is 0 Å². The number of carbonyl (C=O) groups excluding carboxylic acids is 1. The van der Waals surface area contributed by atoms with E-state index in [9.17, 15) is 9.90 Å². The van der Waals surface area contributed by atoms with Gasteiger partial charge in [-0.15, -0.1) is 0 Å². The summed E-state index contributed by atoms with van der Waals surface area (Å²) in [4.78, 5) is 26.4. The second-order valence-corrected chi connectivity index (χ2v) is 8.95. The number of benzene rings is 1. The standard InChI is InChI=1S/C23H28Cl2N6O4/c1-5-17(32)29-8-6-14(7-9-29)31-21-13(11-27-22(26-2)28-21)12-30(23(31)33)20-18(24)15(34-3)10-16(35-4)19(20)25/h5,10-11,14,23,33H,1,6-9,12H2,2-4H3,(H,26,27,28). The van der Waals surface area contributed by atoms with Gasteiger partial charge >= 0.3 is 0 Å². The zero-order chi connectivity index (χ0) is 25.3. The van der Waals surface area contributed by atoms with Crippen molar-refractivity contribution in [3.05, 3.63) is 40.5 Å². The van der Waals surface area contributed by atoms with Gasteiger partial charge in [0.2, 0.25) is 18.2 Å². The van der Waals surface area contributed by atoms with E-state index in [0.29, 0.717) is 54.9 Å². The van der Waals surface area contributed by atoms with Crippen LogP contribution in [0.25, 0.3) is 0 Å². The molecule has 1 aromatic carbocycles. The first-order valence-corrected chi connectivity index (χ1v) is 11.9. The van der Waals surface area contributed by atoms with Crippen molar-refractivity contribution in [1.82, 2.24) is 14.9 Å². The van der Waals surface area contributed by atoms with Gasteiger partial charge in [-0.05, 0) is 18.9 Å². The number of likely N-dealkylation sites (tertiary alicyclic amines) is 1. The predicted octanol–water partition coefficient (Wildman–Crippen LogP) is 3.12. The number of piperidine rings is 1. The van der Waals surface area contributed by atoms with Crippen LogP contribution in [0.1, 0.15) is 18.4 Å². The van der Waals surface area contributed by atoms with E-state index < -0.39 is 6.35 Å². The molecule has 1 aromatic heterocycles. The van der Waals surface area contributed by atoms with E-state index in [1.807, 2.05) is 4.90 Å². The molecule has 1 saturated heterocycles. The van der Waals surface area contributed by atoms with Crippen molar-refractivity contribution in [3.8, 4) is 11.5 Å². The van der Waals surface area contributed by atoms with Crippen molar-refractivity contribution in [2.45, 2.75) is 31.8 Å². The van der Waals surface area contributed by atoms with Gasteiger partial charge in [0.05, 0.1) is 26.5 Å². The number of hydrogen-bond acceptors (Lipinski definition) is 9. The Hall–Kier alpha value is -2.95. The molecule has 2 aromatic rings. The quantitative estimate of drug-likeness (QED) is 0.553. The van der Waals surface area contributed by atoms with E-state index in [-0.39, 0.29) is 28.5 Å². The summed E-state index contributed by atoms with van der Waals surface area (Å²) in [7, 11) is 4.73. The molecule has 1 atom stereocenters. The first-order valence-electron chi connectivity index (χ1n) is 11.1. The highest BCUT2D eigenvalue weighted by atomic mass is 35.5. The monoisotopic (exact) mass is 522 g/mol. The zero-order valence-electron chi connectivity index (χ0n) is 19.8. The summed E-state index contributed by atoms with van der Waals surface area (Å²) in [6.45, 7) is 4.90. The van der Waals surface area contributed by atoms with Gasteiger partial charge in [-0.1, -0.05) is 29.8 Å². The Morgan fingerprint density at radius 1 is 1.23 bits per heavy atom. The number of halogens is 2. The van der Waals surface area contributed by atoms with Crippen LogP contribution in [0.3, 0.4) is 0 Å². The van der Waals surface area contributed by atoms with Crippen molar-refractivity contribution in [2.75, 3.05) is 49.5 Å². The maximum Gasteiger partial charge on any atom is 0.245 e. The minimum Gasteiger partial charge on any atom is -0.495 e. The molecule has 0 saturated carbocycles. The Kier molecular flexibility index (Phi) is 7.44. The second kappa shape index (κ2) is 10.3. The molecule has 0 bridgehead atoms. The van der Waals surface area contributed by atoms with Crippen LogP contribution in [-0.4, -0.2) is 72.6 Å². The number of carbonyl (C=O) groups is 1. The predicted molar refractivity (Wildman–Crippen MR) is 136 cm³/mol. The van der Waals surface area contributed by atoms with Gasteiger partial charge in [-0.25, -0.2) is 4.98 Å². The van der Waals surface area contributed by atoms with E-state index in [1.165, 1.54) is 20.3 Å². The molecule has 2 aliphatic heterocycles. The SMILES string of the molecule is C=CC(=O)N1CCC(N2c3nc(NC)ncc3CN(c3c(Cl)c(OC)cc(OC)c3Cl)C2O)CC1. The fourth-order valence-corrected chi connectivity index (χ4v) is 5.27. The fraction of sp³-hybridized carbons (Fsp3) is 0.435. The Labute approximate surface area is 214 Å². The molecule has 4 rings (SSSR count). The van der Waals surface area contributed by atoms with Crippen LogP contribution < -0.4 is 24.6 Å². The van der Waals surface area contributed by atoms with Crippen LogP contribution in [0.5, 0.6) is 11.5 Å². The third kappa shape index (κ3) is 4.53. The van der Waals surface area contributed by atoms with E-state index in [4.69, 9.17) is 32.7 Å². The number of aliphatic hydroxyl groups is 1. The normalized spacial score (nSPS) is 18.2. The number of anilines is 3. The van der Waals surface area contributed by atoms with Gasteiger partial charge in [0.25, 0.3) is 0 Å². The lowest BCUT2D eigenvalue weighted by Crippen LogP contribution is -2.59. The Morgan fingerprint density at radius 2 is 1.86 bits per heavy atom. The highest BCUT2D eigenvalue weighted by molar-refractivity contribution is 6.41. The van der Waals surface area contributed by atoms with Crippen molar-refractivity contribution >= 4 is 46.6 Å². The largest absolute Gasteiger partial charge is 0.495 e. The molecule has 1 fully saturated rings. The lowest BCUT2D eigenvalue weighted by Gasteiger charge is -2.48. The Balaban J connectivity index is 1.78. The van der Waals surface area contributed by atoms with Crippen molar-refractivity contribution < 1.29 is 19.4 Å². The van der Waals surface area contributed by atoms with Crippen LogP contribution in [-0.2, 0) is 11.3 Å². The average molecular weight is 523 g/mol. The number of methoxy groups -OCH3 is 2. The van der Waals surface area contributed by atoms with Crippen LogP contribution >= 0.6 is 23.2 Å². The summed E-state index contributed by atoms with van der Waals surface area (Å²) in [6, 6.07) is 1.50. The summed E-state index contributed by atoms with van der Waals surface area (Å²) < 4.78 is 10.9. The molecule has 35 heavy (non-hydrogen) atoms. The number of amides is 1. The molecular formula is C23H28Cl2N6O4. The lowest BCUT2D eigenvalue weighted by atomic mass is 10.0. The van der Waals surface area contributed by atoms with Crippen LogP contribution in [0.15, 0.2) is 24.9 Å². The first-order chi connectivity index (χ1) is 16.8. The van der Waals surface area contributed by atoms with Crippen molar-refractivity contribution in [2.24, 2.45) is 0 Å². The highest BCUT2D eigenvalue weighted by Gasteiger charge is 2.40. The van der Waals surface area contributed by atoms with Gasteiger partial charge in [-0.3, -0.25) is 4.79 Å². The number of fused-ring (bicyclic) bond motifs is 1. The van der Waals surface area contributed by atoms with Gasteiger partial charge < -0.3 is 34.6 Å². The maximum atomic E-state index is 12.1. The number of rotatable bonds is 6.